The van der Waals surface area contributed by atoms with Gasteiger partial charge in [0.25, 0.3) is 0 Å². The minimum atomic E-state index is -1.21. The van der Waals surface area contributed by atoms with Crippen LogP contribution in [-0.4, -0.2) is 4.98 Å². The number of hydrogen-bond donors (Lipinski definition) is 1. The van der Waals surface area contributed by atoms with Gasteiger partial charge >= 0.3 is 0 Å². The number of aromatic nitrogens is 1. The van der Waals surface area contributed by atoms with Crippen molar-refractivity contribution in [3.8, 4) is 0 Å². The van der Waals surface area contributed by atoms with E-state index in [9.17, 15) is 13.2 Å². The fourth-order valence-electron chi connectivity index (χ4n) is 1.40. The molecule has 0 spiro atoms. The topological polar surface area (TPSA) is 24.9 Å². The standard InChI is InChI=1S/C12H8ClF3N2/c13-8-1-2-17-6-12(8)18-5-7-3-10(15)11(16)4-9(7)14/h1-4,6,18H,5H2. The Balaban J connectivity index is 2.16. The molecule has 2 nitrogen and oxygen atoms in total. The molecule has 1 heterocycles. The summed E-state index contributed by atoms with van der Waals surface area (Å²) in [5.41, 5.74) is 0.497. The van der Waals surface area contributed by atoms with E-state index in [1.807, 2.05) is 0 Å². The summed E-state index contributed by atoms with van der Waals surface area (Å²) in [7, 11) is 0. The Morgan fingerprint density at radius 2 is 1.83 bits per heavy atom. The van der Waals surface area contributed by atoms with Gasteiger partial charge in [0.2, 0.25) is 0 Å². The first-order chi connectivity index (χ1) is 8.58. The minimum absolute atomic E-state index is 0.00817. The number of rotatable bonds is 3. The van der Waals surface area contributed by atoms with Gasteiger partial charge in [0.05, 0.1) is 16.9 Å². The molecule has 2 aromatic rings. The van der Waals surface area contributed by atoms with Crippen LogP contribution in [-0.2, 0) is 6.54 Å². The lowest BCUT2D eigenvalue weighted by molar-refractivity contribution is 0.490. The first-order valence-corrected chi connectivity index (χ1v) is 5.42. The average Bonchev–Trinajstić information content (AvgIpc) is 2.34. The van der Waals surface area contributed by atoms with Crippen LogP contribution in [0.4, 0.5) is 18.9 Å². The zero-order valence-electron chi connectivity index (χ0n) is 9.05. The van der Waals surface area contributed by atoms with Gasteiger partial charge in [0.1, 0.15) is 5.82 Å². The van der Waals surface area contributed by atoms with E-state index >= 15 is 0 Å². The first-order valence-electron chi connectivity index (χ1n) is 5.04. The van der Waals surface area contributed by atoms with Gasteiger partial charge in [-0.05, 0) is 12.1 Å². The molecule has 6 heteroatoms. The van der Waals surface area contributed by atoms with Crippen molar-refractivity contribution >= 4 is 17.3 Å². The molecule has 2 rings (SSSR count). The molecule has 0 saturated carbocycles. The Kier molecular flexibility index (Phi) is 3.72. The molecule has 1 N–H and O–H groups in total. The molecule has 94 valence electrons. The second-order valence-corrected chi connectivity index (χ2v) is 3.97. The highest BCUT2D eigenvalue weighted by Crippen LogP contribution is 2.21. The highest BCUT2D eigenvalue weighted by atomic mass is 35.5. The maximum absolute atomic E-state index is 13.3. The van der Waals surface area contributed by atoms with Gasteiger partial charge in [0.15, 0.2) is 11.6 Å². The van der Waals surface area contributed by atoms with E-state index in [1.165, 1.54) is 12.4 Å². The zero-order valence-corrected chi connectivity index (χ0v) is 9.81. The van der Waals surface area contributed by atoms with Crippen molar-refractivity contribution in [2.75, 3.05) is 5.32 Å². The van der Waals surface area contributed by atoms with E-state index in [-0.39, 0.29) is 12.1 Å². The largest absolute Gasteiger partial charge is 0.378 e. The summed E-state index contributed by atoms with van der Waals surface area (Å²) < 4.78 is 39.0. The number of nitrogens with one attached hydrogen (secondary N) is 1. The average molecular weight is 273 g/mol. The fourth-order valence-corrected chi connectivity index (χ4v) is 1.57. The van der Waals surface area contributed by atoms with E-state index in [0.717, 1.165) is 6.07 Å². The number of anilines is 1. The lowest BCUT2D eigenvalue weighted by Crippen LogP contribution is -2.04. The third kappa shape index (κ3) is 2.73. The second kappa shape index (κ2) is 5.27. The van der Waals surface area contributed by atoms with Crippen molar-refractivity contribution in [2.24, 2.45) is 0 Å². The summed E-state index contributed by atoms with van der Waals surface area (Å²) in [5, 5.41) is 3.20. The van der Waals surface area contributed by atoms with Gasteiger partial charge in [-0.25, -0.2) is 13.2 Å². The van der Waals surface area contributed by atoms with Gasteiger partial charge < -0.3 is 5.32 Å². The van der Waals surface area contributed by atoms with Crippen molar-refractivity contribution < 1.29 is 13.2 Å². The molecule has 0 unspecified atom stereocenters. The Morgan fingerprint density at radius 3 is 2.56 bits per heavy atom. The number of nitrogens with zero attached hydrogens (tertiary/aromatic N) is 1. The van der Waals surface area contributed by atoms with Crippen molar-refractivity contribution in [2.45, 2.75) is 6.54 Å². The van der Waals surface area contributed by atoms with Crippen LogP contribution >= 0.6 is 11.6 Å². The van der Waals surface area contributed by atoms with Crippen LogP contribution in [0, 0.1) is 17.5 Å². The summed E-state index contributed by atoms with van der Waals surface area (Å²) in [4.78, 5) is 3.84. The summed E-state index contributed by atoms with van der Waals surface area (Å²) in [6.45, 7) is -0.0194. The molecular weight excluding hydrogens is 265 g/mol. The maximum atomic E-state index is 13.3. The normalized spacial score (nSPS) is 10.4. The van der Waals surface area contributed by atoms with Crippen molar-refractivity contribution in [1.82, 2.24) is 4.98 Å². The number of hydrogen-bond acceptors (Lipinski definition) is 2. The maximum Gasteiger partial charge on any atom is 0.161 e. The molecule has 0 saturated heterocycles. The second-order valence-electron chi connectivity index (χ2n) is 3.57. The first kappa shape index (κ1) is 12.7. The molecule has 0 bridgehead atoms. The molecular formula is C12H8ClF3N2. The molecule has 0 radical (unpaired) electrons. The summed E-state index contributed by atoms with van der Waals surface area (Å²) in [6, 6.07) is 2.88. The van der Waals surface area contributed by atoms with E-state index in [1.54, 1.807) is 6.07 Å². The SMILES string of the molecule is Fc1cc(F)c(CNc2cnccc2Cl)cc1F. The molecule has 0 aliphatic rings. The highest BCUT2D eigenvalue weighted by molar-refractivity contribution is 6.33. The van der Waals surface area contributed by atoms with Gasteiger partial charge in [-0.2, -0.15) is 0 Å². The highest BCUT2D eigenvalue weighted by Gasteiger charge is 2.10. The van der Waals surface area contributed by atoms with E-state index in [4.69, 9.17) is 11.6 Å². The third-order valence-corrected chi connectivity index (χ3v) is 2.66. The Labute approximate surface area is 106 Å². The number of benzene rings is 1. The molecule has 18 heavy (non-hydrogen) atoms. The molecule has 0 aliphatic heterocycles. The Morgan fingerprint density at radius 1 is 1.11 bits per heavy atom. The predicted molar refractivity (Wildman–Crippen MR) is 62.9 cm³/mol. The zero-order chi connectivity index (χ0) is 13.1. The number of pyridine rings is 1. The van der Waals surface area contributed by atoms with Crippen LogP contribution in [0.5, 0.6) is 0 Å². The van der Waals surface area contributed by atoms with Crippen LogP contribution in [0.2, 0.25) is 5.02 Å². The molecule has 0 amide bonds. The summed E-state index contributed by atoms with van der Waals surface area (Å²) in [6.07, 6.45) is 2.96. The van der Waals surface area contributed by atoms with Crippen molar-refractivity contribution in [3.05, 3.63) is 58.6 Å². The smallest absolute Gasteiger partial charge is 0.161 e. The minimum Gasteiger partial charge on any atom is -0.378 e. The fraction of sp³-hybridized carbons (Fsp3) is 0.0833. The molecule has 1 aromatic heterocycles. The van der Waals surface area contributed by atoms with E-state index in [2.05, 4.69) is 10.3 Å². The van der Waals surface area contributed by atoms with Crippen LogP contribution in [0.15, 0.2) is 30.6 Å². The van der Waals surface area contributed by atoms with Crippen LogP contribution in [0.3, 0.4) is 0 Å². The Hall–Kier alpha value is -1.75. The quantitative estimate of drug-likeness (QED) is 0.861. The van der Waals surface area contributed by atoms with Crippen LogP contribution in [0.25, 0.3) is 0 Å². The summed E-state index contributed by atoms with van der Waals surface area (Å²) >= 11 is 5.86. The predicted octanol–water partition coefficient (Wildman–Crippen LogP) is 3.76. The molecule has 0 atom stereocenters. The van der Waals surface area contributed by atoms with Gasteiger partial charge in [-0.15, -0.1) is 0 Å². The lowest BCUT2D eigenvalue weighted by Gasteiger charge is -2.08. The molecule has 1 aromatic carbocycles. The molecule has 0 fully saturated rings. The lowest BCUT2D eigenvalue weighted by atomic mass is 10.2. The van der Waals surface area contributed by atoms with Gasteiger partial charge in [-0.3, -0.25) is 4.98 Å². The van der Waals surface area contributed by atoms with E-state index in [0.29, 0.717) is 16.8 Å². The van der Waals surface area contributed by atoms with Crippen LogP contribution < -0.4 is 5.32 Å². The third-order valence-electron chi connectivity index (χ3n) is 2.33. The Bertz CT molecular complexity index is 575. The van der Waals surface area contributed by atoms with Crippen LogP contribution in [0.1, 0.15) is 5.56 Å². The number of halogens is 4. The van der Waals surface area contributed by atoms with Gasteiger partial charge in [-0.1, -0.05) is 11.6 Å². The van der Waals surface area contributed by atoms with E-state index < -0.39 is 17.5 Å². The summed E-state index contributed by atoms with van der Waals surface area (Å²) in [5.74, 6) is -3.12. The van der Waals surface area contributed by atoms with Gasteiger partial charge in [0, 0.05) is 24.4 Å². The van der Waals surface area contributed by atoms with Crippen molar-refractivity contribution in [3.63, 3.8) is 0 Å². The van der Waals surface area contributed by atoms with Crippen molar-refractivity contribution in [1.29, 1.82) is 0 Å². The molecule has 0 aliphatic carbocycles. The monoisotopic (exact) mass is 272 g/mol.